The van der Waals surface area contributed by atoms with Crippen LogP contribution in [-0.2, 0) is 4.79 Å². The molecule has 6 nitrogen and oxygen atoms in total. The molecule has 0 unspecified atom stereocenters. The summed E-state index contributed by atoms with van der Waals surface area (Å²) in [6.45, 7) is 5.10. The van der Waals surface area contributed by atoms with Gasteiger partial charge in [0.2, 0.25) is 5.91 Å². The van der Waals surface area contributed by atoms with Gasteiger partial charge in [-0.15, -0.1) is 0 Å². The highest BCUT2D eigenvalue weighted by molar-refractivity contribution is 9.10. The van der Waals surface area contributed by atoms with E-state index in [0.717, 1.165) is 6.08 Å². The Hall–Kier alpha value is -2.67. The Kier molecular flexibility index (Phi) is 5.13. The van der Waals surface area contributed by atoms with Crippen molar-refractivity contribution in [3.05, 3.63) is 69.1 Å². The summed E-state index contributed by atoms with van der Waals surface area (Å²) in [6, 6.07) is 7.82. The smallest absolute Gasteiger partial charge is 0.271 e. The maximum Gasteiger partial charge on any atom is 0.271 e. The summed E-state index contributed by atoms with van der Waals surface area (Å²) < 4.78 is 0.690. The summed E-state index contributed by atoms with van der Waals surface area (Å²) in [5, 5.41) is 5.13. The van der Waals surface area contributed by atoms with E-state index in [9.17, 15) is 14.4 Å². The average molecular weight is 376 g/mol. The molecule has 7 heteroatoms. The van der Waals surface area contributed by atoms with Crippen molar-refractivity contribution in [1.29, 1.82) is 0 Å². The second kappa shape index (κ2) is 7.06. The molecule has 1 heterocycles. The maximum absolute atomic E-state index is 12.2. The van der Waals surface area contributed by atoms with Crippen molar-refractivity contribution in [2.75, 3.05) is 10.6 Å². The highest BCUT2D eigenvalue weighted by atomic mass is 79.9. The summed E-state index contributed by atoms with van der Waals surface area (Å²) in [5.41, 5.74) is 1.35. The van der Waals surface area contributed by atoms with Gasteiger partial charge in [0.05, 0.1) is 0 Å². The molecule has 0 saturated carbocycles. The minimum absolute atomic E-state index is 0.150. The number of aromatic nitrogens is 1. The van der Waals surface area contributed by atoms with Gasteiger partial charge in [0.25, 0.3) is 11.5 Å². The lowest BCUT2D eigenvalue weighted by Crippen LogP contribution is -2.20. The van der Waals surface area contributed by atoms with E-state index in [0.29, 0.717) is 21.4 Å². The third-order valence-electron chi connectivity index (χ3n) is 3.02. The first kappa shape index (κ1) is 16.7. The number of carbonyl (C=O) groups is 2. The molecular weight excluding hydrogens is 362 g/mol. The monoisotopic (exact) mass is 375 g/mol. The number of carbonyl (C=O) groups excluding carboxylic acids is 2. The number of pyridine rings is 1. The van der Waals surface area contributed by atoms with Crippen LogP contribution in [0.1, 0.15) is 16.1 Å². The third-order valence-corrected chi connectivity index (χ3v) is 3.85. The van der Waals surface area contributed by atoms with E-state index >= 15 is 0 Å². The van der Waals surface area contributed by atoms with Gasteiger partial charge in [-0.05, 0) is 59.3 Å². The minimum atomic E-state index is -0.423. The first-order valence-corrected chi connectivity index (χ1v) is 7.44. The SMILES string of the molecule is C=CC(=O)Nc1ccc(C(=O)Nc2cc(Br)c(C)[nH]c2=O)cc1. The molecule has 3 N–H and O–H groups in total. The van der Waals surface area contributed by atoms with Crippen LogP contribution in [0.5, 0.6) is 0 Å². The molecule has 0 atom stereocenters. The highest BCUT2D eigenvalue weighted by Crippen LogP contribution is 2.16. The van der Waals surface area contributed by atoms with Crippen LogP contribution in [0.15, 0.2) is 52.3 Å². The minimum Gasteiger partial charge on any atom is -0.324 e. The molecule has 0 aliphatic carbocycles. The first-order valence-electron chi connectivity index (χ1n) is 6.65. The van der Waals surface area contributed by atoms with Crippen molar-refractivity contribution in [2.24, 2.45) is 0 Å². The van der Waals surface area contributed by atoms with E-state index in [-0.39, 0.29) is 17.2 Å². The summed E-state index contributed by atoms with van der Waals surface area (Å²) in [7, 11) is 0. The highest BCUT2D eigenvalue weighted by Gasteiger charge is 2.10. The zero-order valence-electron chi connectivity index (χ0n) is 12.3. The predicted octanol–water partition coefficient (Wildman–Crippen LogP) is 2.82. The number of nitrogens with one attached hydrogen (secondary N) is 3. The standard InChI is InChI=1S/C16H14BrN3O3/c1-3-14(21)19-11-6-4-10(5-7-11)15(22)20-13-8-12(17)9(2)18-16(13)23/h3-8H,1H2,2H3,(H,18,23)(H,19,21)(H,20,22). The van der Waals surface area contributed by atoms with Crippen LogP contribution in [0.3, 0.4) is 0 Å². The fourth-order valence-electron chi connectivity index (χ4n) is 1.78. The zero-order valence-corrected chi connectivity index (χ0v) is 13.9. The molecule has 0 fully saturated rings. The van der Waals surface area contributed by atoms with Crippen LogP contribution in [0.2, 0.25) is 0 Å². The van der Waals surface area contributed by atoms with E-state index in [1.54, 1.807) is 37.3 Å². The van der Waals surface area contributed by atoms with Gasteiger partial charge in [0, 0.05) is 21.4 Å². The van der Waals surface area contributed by atoms with Gasteiger partial charge in [-0.1, -0.05) is 6.58 Å². The fraction of sp³-hybridized carbons (Fsp3) is 0.0625. The van der Waals surface area contributed by atoms with Gasteiger partial charge in [-0.3, -0.25) is 14.4 Å². The molecule has 2 amide bonds. The topological polar surface area (TPSA) is 91.1 Å². The van der Waals surface area contributed by atoms with Crippen LogP contribution in [0.4, 0.5) is 11.4 Å². The number of amides is 2. The van der Waals surface area contributed by atoms with Crippen LogP contribution >= 0.6 is 15.9 Å². The van der Waals surface area contributed by atoms with Gasteiger partial charge in [-0.25, -0.2) is 0 Å². The van der Waals surface area contributed by atoms with Gasteiger partial charge in [0.1, 0.15) is 5.69 Å². The number of aryl methyl sites for hydroxylation is 1. The van der Waals surface area contributed by atoms with E-state index in [1.165, 1.54) is 0 Å². The number of hydrogen-bond donors (Lipinski definition) is 3. The lowest BCUT2D eigenvalue weighted by Gasteiger charge is -2.07. The molecule has 2 aromatic rings. The number of H-pyrrole nitrogens is 1. The molecule has 1 aromatic carbocycles. The number of aromatic amines is 1. The van der Waals surface area contributed by atoms with Crippen LogP contribution in [-0.4, -0.2) is 16.8 Å². The quantitative estimate of drug-likeness (QED) is 0.717. The fourth-order valence-corrected chi connectivity index (χ4v) is 2.11. The molecule has 0 radical (unpaired) electrons. The first-order chi connectivity index (χ1) is 10.9. The van der Waals surface area contributed by atoms with Crippen LogP contribution < -0.4 is 16.2 Å². The van der Waals surface area contributed by atoms with E-state index < -0.39 is 5.91 Å². The lowest BCUT2D eigenvalue weighted by atomic mass is 10.2. The zero-order chi connectivity index (χ0) is 17.0. The largest absolute Gasteiger partial charge is 0.324 e. The van der Waals surface area contributed by atoms with Gasteiger partial charge in [-0.2, -0.15) is 0 Å². The Morgan fingerprint density at radius 3 is 2.48 bits per heavy atom. The molecule has 1 aromatic heterocycles. The molecule has 0 bridgehead atoms. The molecule has 0 aliphatic heterocycles. The third kappa shape index (κ3) is 4.17. The average Bonchev–Trinajstić information content (AvgIpc) is 2.53. The Bertz CT molecular complexity index is 825. The van der Waals surface area contributed by atoms with E-state index in [1.807, 2.05) is 0 Å². The Labute approximate surface area is 140 Å². The van der Waals surface area contributed by atoms with Crippen molar-refractivity contribution in [3.8, 4) is 0 Å². The van der Waals surface area contributed by atoms with Crippen molar-refractivity contribution in [3.63, 3.8) is 0 Å². The second-order valence-corrected chi connectivity index (χ2v) is 5.56. The Morgan fingerprint density at radius 2 is 1.87 bits per heavy atom. The maximum atomic E-state index is 12.2. The summed E-state index contributed by atoms with van der Waals surface area (Å²) in [4.78, 5) is 37.8. The van der Waals surface area contributed by atoms with Crippen molar-refractivity contribution in [2.45, 2.75) is 6.92 Å². The van der Waals surface area contributed by atoms with Crippen molar-refractivity contribution >= 4 is 39.1 Å². The molecule has 23 heavy (non-hydrogen) atoms. The number of hydrogen-bond acceptors (Lipinski definition) is 3. The van der Waals surface area contributed by atoms with Gasteiger partial charge >= 0.3 is 0 Å². The molecule has 2 rings (SSSR count). The lowest BCUT2D eigenvalue weighted by molar-refractivity contribution is -0.111. The molecule has 0 aliphatic rings. The van der Waals surface area contributed by atoms with Crippen molar-refractivity contribution < 1.29 is 9.59 Å². The van der Waals surface area contributed by atoms with Crippen molar-refractivity contribution in [1.82, 2.24) is 4.98 Å². The van der Waals surface area contributed by atoms with E-state index in [2.05, 4.69) is 38.1 Å². The molecule has 118 valence electrons. The number of rotatable bonds is 4. The molecule has 0 spiro atoms. The van der Waals surface area contributed by atoms with Gasteiger partial charge in [0.15, 0.2) is 0 Å². The Balaban J connectivity index is 2.15. The number of anilines is 2. The number of halogens is 1. The summed E-state index contributed by atoms with van der Waals surface area (Å²) >= 11 is 3.30. The summed E-state index contributed by atoms with van der Waals surface area (Å²) in [6.07, 6.45) is 1.15. The molecular formula is C16H14BrN3O3. The second-order valence-electron chi connectivity index (χ2n) is 4.71. The predicted molar refractivity (Wildman–Crippen MR) is 92.7 cm³/mol. The van der Waals surface area contributed by atoms with Gasteiger partial charge < -0.3 is 15.6 Å². The normalized spacial score (nSPS) is 10.0. The molecule has 0 saturated heterocycles. The summed E-state index contributed by atoms with van der Waals surface area (Å²) in [5.74, 6) is -0.758. The Morgan fingerprint density at radius 1 is 1.22 bits per heavy atom. The van der Waals surface area contributed by atoms with E-state index in [4.69, 9.17) is 0 Å². The van der Waals surface area contributed by atoms with Crippen LogP contribution in [0.25, 0.3) is 0 Å². The van der Waals surface area contributed by atoms with Crippen LogP contribution in [0, 0.1) is 6.92 Å². The number of benzene rings is 1.